The van der Waals surface area contributed by atoms with E-state index in [-0.39, 0.29) is 21.2 Å². The number of sulfonamides is 1. The standard InChI is InChI=1S/C17H15ClFN3O3S/c18-15-9-11(19)6-7-14(15)17(23)21-12-3-1-4-13(10-12)26(24,25)22-16-5-2-8-20-16/h1,3-4,6-7,9-10H,2,5,8H2,(H,20,22)(H,21,23). The van der Waals surface area contributed by atoms with Crippen molar-refractivity contribution in [3.63, 3.8) is 0 Å². The van der Waals surface area contributed by atoms with Gasteiger partial charge in [-0.3, -0.25) is 14.5 Å². The first-order chi connectivity index (χ1) is 12.3. The molecule has 0 fully saturated rings. The minimum Gasteiger partial charge on any atom is -0.322 e. The fourth-order valence-corrected chi connectivity index (χ4v) is 3.84. The summed E-state index contributed by atoms with van der Waals surface area (Å²) in [6.07, 6.45) is 1.39. The summed E-state index contributed by atoms with van der Waals surface area (Å²) in [5.74, 6) is -0.698. The smallest absolute Gasteiger partial charge is 0.262 e. The van der Waals surface area contributed by atoms with Crippen LogP contribution in [-0.2, 0) is 10.0 Å². The SMILES string of the molecule is O=C(Nc1cccc(S(=O)(=O)NC2=NCCC2)c1)c1ccc(F)cc1Cl. The van der Waals surface area contributed by atoms with E-state index in [2.05, 4.69) is 15.0 Å². The zero-order chi connectivity index (χ0) is 18.7. The van der Waals surface area contributed by atoms with Crippen LogP contribution in [0.3, 0.4) is 0 Å². The molecule has 0 aliphatic carbocycles. The molecule has 0 saturated carbocycles. The number of amides is 1. The van der Waals surface area contributed by atoms with Gasteiger partial charge < -0.3 is 5.32 Å². The van der Waals surface area contributed by atoms with Crippen molar-refractivity contribution < 1.29 is 17.6 Å². The number of nitrogens with zero attached hydrogens (tertiary/aromatic N) is 1. The molecule has 3 rings (SSSR count). The predicted octanol–water partition coefficient (Wildman–Crippen LogP) is 3.20. The highest BCUT2D eigenvalue weighted by atomic mass is 35.5. The van der Waals surface area contributed by atoms with E-state index in [1.54, 1.807) is 6.07 Å². The van der Waals surface area contributed by atoms with E-state index in [1.807, 2.05) is 0 Å². The van der Waals surface area contributed by atoms with E-state index < -0.39 is 21.7 Å². The summed E-state index contributed by atoms with van der Waals surface area (Å²) >= 11 is 5.87. The predicted molar refractivity (Wildman–Crippen MR) is 97.7 cm³/mol. The number of aliphatic imine (C=N–C) groups is 1. The summed E-state index contributed by atoms with van der Waals surface area (Å²) in [6.45, 7) is 0.604. The van der Waals surface area contributed by atoms with E-state index in [0.29, 0.717) is 18.8 Å². The van der Waals surface area contributed by atoms with Crippen LogP contribution < -0.4 is 10.0 Å². The number of amidine groups is 1. The van der Waals surface area contributed by atoms with Crippen LogP contribution in [0.1, 0.15) is 23.2 Å². The third-order valence-corrected chi connectivity index (χ3v) is 5.40. The highest BCUT2D eigenvalue weighted by molar-refractivity contribution is 7.90. The largest absolute Gasteiger partial charge is 0.322 e. The summed E-state index contributed by atoms with van der Waals surface area (Å²) in [7, 11) is -3.79. The van der Waals surface area contributed by atoms with Gasteiger partial charge in [0, 0.05) is 18.7 Å². The zero-order valence-electron chi connectivity index (χ0n) is 13.5. The van der Waals surface area contributed by atoms with E-state index >= 15 is 0 Å². The topological polar surface area (TPSA) is 87.6 Å². The summed E-state index contributed by atoms with van der Waals surface area (Å²) in [5.41, 5.74) is 0.353. The Morgan fingerprint density at radius 1 is 1.19 bits per heavy atom. The van der Waals surface area contributed by atoms with E-state index in [4.69, 9.17) is 11.6 Å². The molecular weight excluding hydrogens is 381 g/mol. The van der Waals surface area contributed by atoms with Crippen molar-refractivity contribution in [2.45, 2.75) is 17.7 Å². The molecule has 2 aromatic rings. The highest BCUT2D eigenvalue weighted by Gasteiger charge is 2.19. The normalized spacial score (nSPS) is 14.0. The molecule has 0 atom stereocenters. The molecule has 0 bridgehead atoms. The van der Waals surface area contributed by atoms with Gasteiger partial charge in [-0.05, 0) is 42.8 Å². The molecule has 0 saturated heterocycles. The van der Waals surface area contributed by atoms with Gasteiger partial charge in [-0.15, -0.1) is 0 Å². The lowest BCUT2D eigenvalue weighted by Gasteiger charge is -2.10. The molecule has 0 spiro atoms. The maximum Gasteiger partial charge on any atom is 0.262 e. The monoisotopic (exact) mass is 395 g/mol. The number of hydrogen-bond acceptors (Lipinski definition) is 4. The van der Waals surface area contributed by atoms with E-state index in [0.717, 1.165) is 18.6 Å². The van der Waals surface area contributed by atoms with Crippen LogP contribution >= 0.6 is 11.6 Å². The molecule has 1 aliphatic heterocycles. The van der Waals surface area contributed by atoms with Crippen molar-refractivity contribution >= 4 is 39.1 Å². The van der Waals surface area contributed by atoms with Gasteiger partial charge in [0.25, 0.3) is 15.9 Å². The molecule has 0 aromatic heterocycles. The first-order valence-corrected chi connectivity index (χ1v) is 9.64. The van der Waals surface area contributed by atoms with Gasteiger partial charge in [0.2, 0.25) is 0 Å². The molecule has 6 nitrogen and oxygen atoms in total. The Kier molecular flexibility index (Phi) is 5.24. The Bertz CT molecular complexity index is 992. The fraction of sp³-hybridized carbons (Fsp3) is 0.176. The lowest BCUT2D eigenvalue weighted by Crippen LogP contribution is -2.29. The van der Waals surface area contributed by atoms with Crippen LogP contribution in [0, 0.1) is 5.82 Å². The molecule has 136 valence electrons. The maximum atomic E-state index is 13.1. The first-order valence-electron chi connectivity index (χ1n) is 7.78. The van der Waals surface area contributed by atoms with E-state index in [9.17, 15) is 17.6 Å². The zero-order valence-corrected chi connectivity index (χ0v) is 15.1. The van der Waals surface area contributed by atoms with Gasteiger partial charge in [-0.1, -0.05) is 17.7 Å². The maximum absolute atomic E-state index is 13.1. The highest BCUT2D eigenvalue weighted by Crippen LogP contribution is 2.21. The van der Waals surface area contributed by atoms with Crippen molar-refractivity contribution in [2.24, 2.45) is 4.99 Å². The molecule has 26 heavy (non-hydrogen) atoms. The minimum atomic E-state index is -3.79. The Hall–Kier alpha value is -2.45. The molecule has 1 heterocycles. The lowest BCUT2D eigenvalue weighted by atomic mass is 10.2. The third-order valence-electron chi connectivity index (χ3n) is 3.70. The van der Waals surface area contributed by atoms with Crippen molar-refractivity contribution in [2.75, 3.05) is 11.9 Å². The third kappa shape index (κ3) is 4.20. The van der Waals surface area contributed by atoms with Gasteiger partial charge in [0.15, 0.2) is 0 Å². The molecular formula is C17H15ClFN3O3S. The van der Waals surface area contributed by atoms with Crippen LogP contribution in [0.4, 0.5) is 10.1 Å². The molecule has 0 unspecified atom stereocenters. The molecule has 2 N–H and O–H groups in total. The van der Waals surface area contributed by atoms with Crippen molar-refractivity contribution in [1.82, 2.24) is 4.72 Å². The fourth-order valence-electron chi connectivity index (χ4n) is 2.45. The molecule has 9 heteroatoms. The molecule has 2 aromatic carbocycles. The average Bonchev–Trinajstić information content (AvgIpc) is 3.07. The van der Waals surface area contributed by atoms with Gasteiger partial charge in [-0.25, -0.2) is 12.8 Å². The summed E-state index contributed by atoms with van der Waals surface area (Å²) in [5, 5.41) is 2.52. The van der Waals surface area contributed by atoms with Gasteiger partial charge in [0.05, 0.1) is 15.5 Å². The lowest BCUT2D eigenvalue weighted by molar-refractivity contribution is 0.102. The van der Waals surface area contributed by atoms with Crippen LogP contribution in [0.25, 0.3) is 0 Å². The number of hydrogen-bond donors (Lipinski definition) is 2. The number of carbonyl (C=O) groups is 1. The number of rotatable bonds is 4. The second kappa shape index (κ2) is 7.43. The molecule has 0 radical (unpaired) electrons. The second-order valence-corrected chi connectivity index (χ2v) is 7.73. The van der Waals surface area contributed by atoms with E-state index in [1.165, 1.54) is 24.3 Å². The average molecular weight is 396 g/mol. The Morgan fingerprint density at radius 3 is 2.69 bits per heavy atom. The van der Waals surface area contributed by atoms with Crippen LogP contribution in [0.2, 0.25) is 5.02 Å². The summed E-state index contributed by atoms with van der Waals surface area (Å²) in [6, 6.07) is 9.20. The first kappa shape index (κ1) is 18.3. The summed E-state index contributed by atoms with van der Waals surface area (Å²) < 4.78 is 40.4. The Morgan fingerprint density at radius 2 is 2.00 bits per heavy atom. The van der Waals surface area contributed by atoms with Gasteiger partial charge in [-0.2, -0.15) is 0 Å². The van der Waals surface area contributed by atoms with Crippen LogP contribution in [0.5, 0.6) is 0 Å². The van der Waals surface area contributed by atoms with Gasteiger partial charge in [0.1, 0.15) is 11.7 Å². The van der Waals surface area contributed by atoms with Crippen LogP contribution in [0.15, 0.2) is 52.4 Å². The van der Waals surface area contributed by atoms with Gasteiger partial charge >= 0.3 is 0 Å². The van der Waals surface area contributed by atoms with Crippen LogP contribution in [-0.4, -0.2) is 26.7 Å². The number of anilines is 1. The Labute approximate surface area is 155 Å². The number of nitrogens with one attached hydrogen (secondary N) is 2. The Balaban J connectivity index is 1.79. The van der Waals surface area contributed by atoms with Crippen molar-refractivity contribution in [3.8, 4) is 0 Å². The van der Waals surface area contributed by atoms with Crippen molar-refractivity contribution in [1.29, 1.82) is 0 Å². The molecule has 1 aliphatic rings. The minimum absolute atomic E-state index is 0.00453. The second-order valence-electron chi connectivity index (χ2n) is 5.64. The van der Waals surface area contributed by atoms with Crippen molar-refractivity contribution in [3.05, 3.63) is 58.9 Å². The number of halogens is 2. The molecule has 1 amide bonds. The quantitative estimate of drug-likeness (QED) is 0.833. The number of carbonyl (C=O) groups excluding carboxylic acids is 1. The number of benzene rings is 2. The summed E-state index contributed by atoms with van der Waals surface area (Å²) in [4.78, 5) is 16.4.